The van der Waals surface area contributed by atoms with Gasteiger partial charge in [-0.1, -0.05) is 32.9 Å². The summed E-state index contributed by atoms with van der Waals surface area (Å²) in [6.07, 6.45) is 4.50. The first-order valence-corrected chi connectivity index (χ1v) is 6.56. The van der Waals surface area contributed by atoms with Crippen molar-refractivity contribution >= 4 is 0 Å². The Hall–Kier alpha value is -0.440. The number of allylic oxidation sites excluding steroid dienone is 2. The molecule has 0 aliphatic heterocycles. The van der Waals surface area contributed by atoms with Gasteiger partial charge in [-0.2, -0.15) is 0 Å². The molecule has 0 aromatic carbocycles. The fourth-order valence-corrected chi connectivity index (χ4v) is 3.01. The summed E-state index contributed by atoms with van der Waals surface area (Å²) in [7, 11) is 0. The molecular weight excluding hydrogens is 234 g/mol. The van der Waals surface area contributed by atoms with Gasteiger partial charge in [0.25, 0.3) is 0 Å². The van der Waals surface area contributed by atoms with E-state index in [1.54, 1.807) is 0 Å². The van der Waals surface area contributed by atoms with Gasteiger partial charge in [0, 0.05) is 5.92 Å². The lowest BCUT2D eigenvalue weighted by atomic mass is 9.73. The highest BCUT2D eigenvalue weighted by molar-refractivity contribution is 5.14. The van der Waals surface area contributed by atoms with Crippen LogP contribution in [-0.4, -0.2) is 17.8 Å². The number of hydrogen-bond acceptors (Lipinski definition) is 0. The lowest BCUT2D eigenvalue weighted by molar-refractivity contribution is 0.0409. The largest absolute Gasteiger partial charge is 0.412 e. The molecule has 0 radical (unpaired) electrons. The zero-order chi connectivity index (χ0) is 11.7. The van der Waals surface area contributed by atoms with Gasteiger partial charge in [0.1, 0.15) is 12.3 Å². The van der Waals surface area contributed by atoms with Gasteiger partial charge in [-0.25, -0.2) is 8.78 Å². The topological polar surface area (TPSA) is 31.5 Å². The minimum absolute atomic E-state index is 0. The fraction of sp³-hybridized carbons (Fsp3) is 0.867. The van der Waals surface area contributed by atoms with Gasteiger partial charge in [-0.05, 0) is 43.9 Å². The van der Waals surface area contributed by atoms with E-state index in [1.807, 2.05) is 6.92 Å². The second-order valence-corrected chi connectivity index (χ2v) is 5.71. The first-order chi connectivity index (χ1) is 7.59. The molecule has 0 saturated heterocycles. The van der Waals surface area contributed by atoms with Crippen LogP contribution >= 0.6 is 0 Å². The SMILES string of the molecule is C.CC1CC=C(C2CCC(C)C(F)C2F)CC1.O. The van der Waals surface area contributed by atoms with Crippen LogP contribution in [0.1, 0.15) is 53.4 Å². The van der Waals surface area contributed by atoms with Crippen molar-refractivity contribution in [2.45, 2.75) is 65.7 Å². The predicted octanol–water partition coefficient (Wildman–Crippen LogP) is 4.27. The van der Waals surface area contributed by atoms with Crippen molar-refractivity contribution in [2.75, 3.05) is 0 Å². The van der Waals surface area contributed by atoms with E-state index in [0.717, 1.165) is 32.1 Å². The summed E-state index contributed by atoms with van der Waals surface area (Å²) in [5.74, 6) is 0.485. The summed E-state index contributed by atoms with van der Waals surface area (Å²) in [6.45, 7) is 4.05. The highest BCUT2D eigenvalue weighted by Gasteiger charge is 2.39. The summed E-state index contributed by atoms with van der Waals surface area (Å²) in [4.78, 5) is 0. The molecule has 5 unspecified atom stereocenters. The number of alkyl halides is 2. The minimum atomic E-state index is -1.26. The third kappa shape index (κ3) is 3.53. The van der Waals surface area contributed by atoms with E-state index in [2.05, 4.69) is 13.0 Å². The second-order valence-electron chi connectivity index (χ2n) is 5.71. The molecule has 0 aromatic heterocycles. The van der Waals surface area contributed by atoms with E-state index in [-0.39, 0.29) is 24.7 Å². The van der Waals surface area contributed by atoms with E-state index in [9.17, 15) is 8.78 Å². The minimum Gasteiger partial charge on any atom is -0.412 e. The van der Waals surface area contributed by atoms with Crippen LogP contribution < -0.4 is 0 Å². The molecule has 0 spiro atoms. The molecule has 2 N–H and O–H groups in total. The number of halogens is 2. The highest BCUT2D eigenvalue weighted by atomic mass is 19.2. The molecule has 0 amide bonds. The van der Waals surface area contributed by atoms with E-state index in [1.165, 1.54) is 5.57 Å². The van der Waals surface area contributed by atoms with Crippen LogP contribution in [0, 0.1) is 17.8 Å². The van der Waals surface area contributed by atoms with Crippen molar-refractivity contribution in [3.63, 3.8) is 0 Å². The molecule has 3 heteroatoms. The molecule has 0 heterocycles. The van der Waals surface area contributed by atoms with Gasteiger partial charge in [0.15, 0.2) is 0 Å². The third-order valence-electron chi connectivity index (χ3n) is 4.35. The van der Waals surface area contributed by atoms with E-state index >= 15 is 0 Å². The standard InChI is InChI=1S/C14H22F2.CH4.H2O/c1-9-3-6-11(7-4-9)12-8-5-10(2)13(15)14(12)16;;/h6,9-10,12-14H,3-5,7-8H2,1-2H3;1H4;1H2. The molecule has 18 heavy (non-hydrogen) atoms. The van der Waals surface area contributed by atoms with Gasteiger partial charge in [-0.15, -0.1) is 0 Å². The molecule has 2 rings (SSSR count). The van der Waals surface area contributed by atoms with Crippen molar-refractivity contribution in [1.29, 1.82) is 0 Å². The van der Waals surface area contributed by atoms with Crippen LogP contribution in [0.4, 0.5) is 8.78 Å². The van der Waals surface area contributed by atoms with Crippen molar-refractivity contribution in [2.24, 2.45) is 17.8 Å². The highest BCUT2D eigenvalue weighted by Crippen LogP contribution is 2.40. The molecule has 0 aromatic rings. The summed E-state index contributed by atoms with van der Waals surface area (Å²) in [5, 5.41) is 0. The zero-order valence-electron chi connectivity index (χ0n) is 10.8. The van der Waals surface area contributed by atoms with Crippen LogP contribution in [-0.2, 0) is 0 Å². The Morgan fingerprint density at radius 3 is 2.28 bits per heavy atom. The van der Waals surface area contributed by atoms with Crippen molar-refractivity contribution < 1.29 is 14.3 Å². The van der Waals surface area contributed by atoms with E-state index in [4.69, 9.17) is 0 Å². The first-order valence-electron chi connectivity index (χ1n) is 6.56. The Labute approximate surface area is 110 Å². The maximum Gasteiger partial charge on any atom is 0.138 e. The van der Waals surface area contributed by atoms with Crippen LogP contribution in [0.5, 0.6) is 0 Å². The summed E-state index contributed by atoms with van der Waals surface area (Å²) in [6, 6.07) is 0. The molecular formula is C15H28F2O. The van der Waals surface area contributed by atoms with Crippen molar-refractivity contribution in [3.05, 3.63) is 11.6 Å². The zero-order valence-corrected chi connectivity index (χ0v) is 10.8. The Morgan fingerprint density at radius 1 is 1.06 bits per heavy atom. The Bertz CT molecular complexity index is 278. The maximum absolute atomic E-state index is 14.0. The molecule has 0 bridgehead atoms. The van der Waals surface area contributed by atoms with Gasteiger partial charge < -0.3 is 5.48 Å². The van der Waals surface area contributed by atoms with E-state index < -0.39 is 12.3 Å². The lowest BCUT2D eigenvalue weighted by Crippen LogP contribution is -2.38. The summed E-state index contributed by atoms with van der Waals surface area (Å²) in [5.41, 5.74) is 1.19. The molecule has 108 valence electrons. The first kappa shape index (κ1) is 17.6. The van der Waals surface area contributed by atoms with Crippen LogP contribution in [0.2, 0.25) is 0 Å². The number of hydrogen-bond donors (Lipinski definition) is 0. The Balaban J connectivity index is 0.00000144. The van der Waals surface area contributed by atoms with Crippen molar-refractivity contribution in [3.8, 4) is 0 Å². The normalized spacial score (nSPS) is 40.2. The van der Waals surface area contributed by atoms with Crippen molar-refractivity contribution in [1.82, 2.24) is 0 Å². The smallest absolute Gasteiger partial charge is 0.138 e. The fourth-order valence-electron chi connectivity index (χ4n) is 3.01. The van der Waals surface area contributed by atoms with Gasteiger partial charge >= 0.3 is 0 Å². The average molecular weight is 262 g/mol. The molecule has 5 atom stereocenters. The summed E-state index contributed by atoms with van der Waals surface area (Å²) < 4.78 is 27.6. The van der Waals surface area contributed by atoms with Gasteiger partial charge in [-0.3, -0.25) is 0 Å². The monoisotopic (exact) mass is 262 g/mol. The van der Waals surface area contributed by atoms with E-state index in [0.29, 0.717) is 5.92 Å². The quantitative estimate of drug-likeness (QED) is 0.632. The number of rotatable bonds is 1. The average Bonchev–Trinajstić information content (AvgIpc) is 2.28. The Kier molecular flexibility index (Phi) is 7.05. The maximum atomic E-state index is 14.0. The van der Waals surface area contributed by atoms with Gasteiger partial charge in [0.2, 0.25) is 0 Å². The molecule has 1 nitrogen and oxygen atoms in total. The van der Waals surface area contributed by atoms with Gasteiger partial charge in [0.05, 0.1) is 0 Å². The second kappa shape index (κ2) is 7.22. The Morgan fingerprint density at radius 2 is 1.72 bits per heavy atom. The lowest BCUT2D eigenvalue weighted by Gasteiger charge is -2.36. The predicted molar refractivity (Wildman–Crippen MR) is 73.1 cm³/mol. The van der Waals surface area contributed by atoms with Crippen LogP contribution in [0.25, 0.3) is 0 Å². The van der Waals surface area contributed by atoms with Crippen LogP contribution in [0.15, 0.2) is 11.6 Å². The third-order valence-corrected chi connectivity index (χ3v) is 4.35. The molecule has 2 aliphatic carbocycles. The molecule has 2 aliphatic rings. The van der Waals surface area contributed by atoms with Crippen LogP contribution in [0.3, 0.4) is 0 Å². The molecule has 1 fully saturated rings. The summed E-state index contributed by atoms with van der Waals surface area (Å²) >= 11 is 0. The molecule has 1 saturated carbocycles.